The second kappa shape index (κ2) is 7.70. The van der Waals surface area contributed by atoms with Crippen molar-refractivity contribution < 1.29 is 19.1 Å². The fraction of sp³-hybridized carbons (Fsp3) is 0.727. The van der Waals surface area contributed by atoms with E-state index < -0.39 is 18.0 Å². The molecule has 1 fully saturated rings. The van der Waals surface area contributed by atoms with E-state index in [2.05, 4.69) is 20.7 Å². The number of alkyl carbamates (subject to hydrolysis) is 1. The highest BCUT2D eigenvalue weighted by molar-refractivity contribution is 5.93. The molecule has 3 amide bonds. The predicted molar refractivity (Wildman–Crippen MR) is 67.5 cm³/mol. The minimum Gasteiger partial charge on any atom is -0.450 e. The predicted octanol–water partition coefficient (Wildman–Crippen LogP) is -1.72. The van der Waals surface area contributed by atoms with Crippen LogP contribution in [0.3, 0.4) is 0 Å². The third kappa shape index (κ3) is 4.84. The quantitative estimate of drug-likeness (QED) is 0.563. The van der Waals surface area contributed by atoms with Crippen LogP contribution in [0.2, 0.25) is 0 Å². The van der Waals surface area contributed by atoms with Gasteiger partial charge in [0.05, 0.1) is 13.2 Å². The average molecular weight is 272 g/mol. The second-order valence-corrected chi connectivity index (χ2v) is 4.07. The number of nitrogens with zero attached hydrogens (tertiary/aromatic N) is 1. The van der Waals surface area contributed by atoms with Gasteiger partial charge in [0.25, 0.3) is 0 Å². The summed E-state index contributed by atoms with van der Waals surface area (Å²) in [5.41, 5.74) is 0. The molecule has 0 aliphatic carbocycles. The summed E-state index contributed by atoms with van der Waals surface area (Å²) in [5.74, 6) is -0.634. The number of likely N-dealkylation sites (N-methyl/N-ethyl adjacent to an activating group) is 1. The van der Waals surface area contributed by atoms with Gasteiger partial charge in [-0.2, -0.15) is 0 Å². The highest BCUT2D eigenvalue weighted by Gasteiger charge is 2.29. The van der Waals surface area contributed by atoms with Crippen molar-refractivity contribution in [1.29, 1.82) is 0 Å². The largest absolute Gasteiger partial charge is 0.450 e. The lowest BCUT2D eigenvalue weighted by atomic mass is 10.1. The Labute approximate surface area is 111 Å². The van der Waals surface area contributed by atoms with Crippen molar-refractivity contribution in [1.82, 2.24) is 20.9 Å². The standard InChI is InChI=1S/C11H20N4O4/c1-3-19-11(18)14-9(16)7-15-5-4-13-6-8(15)10(17)12-2/h8,13H,3-7H2,1-2H3,(H,12,17)(H,14,16,18). The van der Waals surface area contributed by atoms with E-state index in [0.29, 0.717) is 19.6 Å². The fourth-order valence-electron chi connectivity index (χ4n) is 1.87. The zero-order chi connectivity index (χ0) is 14.3. The zero-order valence-corrected chi connectivity index (χ0v) is 11.2. The first-order valence-corrected chi connectivity index (χ1v) is 6.21. The number of hydrogen-bond donors (Lipinski definition) is 3. The number of nitrogens with one attached hydrogen (secondary N) is 3. The number of carbonyl (C=O) groups excluding carboxylic acids is 3. The van der Waals surface area contributed by atoms with Gasteiger partial charge < -0.3 is 15.4 Å². The number of hydrogen-bond acceptors (Lipinski definition) is 6. The van der Waals surface area contributed by atoms with Crippen molar-refractivity contribution in [2.24, 2.45) is 0 Å². The van der Waals surface area contributed by atoms with E-state index in [1.165, 1.54) is 0 Å². The third-order valence-corrected chi connectivity index (χ3v) is 2.77. The van der Waals surface area contributed by atoms with Crippen molar-refractivity contribution >= 4 is 17.9 Å². The number of amides is 3. The Kier molecular flexibility index (Phi) is 6.23. The topological polar surface area (TPSA) is 99.8 Å². The van der Waals surface area contributed by atoms with E-state index in [-0.39, 0.29) is 19.1 Å². The summed E-state index contributed by atoms with van der Waals surface area (Å²) in [6, 6.07) is -0.410. The van der Waals surface area contributed by atoms with Crippen LogP contribution in [0.15, 0.2) is 0 Å². The zero-order valence-electron chi connectivity index (χ0n) is 11.2. The van der Waals surface area contributed by atoms with Crippen LogP contribution < -0.4 is 16.0 Å². The molecule has 0 aromatic heterocycles. The number of imide groups is 1. The molecule has 0 radical (unpaired) electrons. The number of piperazine rings is 1. The van der Waals surface area contributed by atoms with Crippen LogP contribution in [0.25, 0.3) is 0 Å². The van der Waals surface area contributed by atoms with Crippen LogP contribution in [-0.2, 0) is 14.3 Å². The van der Waals surface area contributed by atoms with Gasteiger partial charge in [0.2, 0.25) is 11.8 Å². The lowest BCUT2D eigenvalue weighted by Gasteiger charge is -2.34. The molecule has 19 heavy (non-hydrogen) atoms. The molecule has 1 aliphatic rings. The van der Waals surface area contributed by atoms with E-state index >= 15 is 0 Å². The first kappa shape index (κ1) is 15.4. The van der Waals surface area contributed by atoms with E-state index in [9.17, 15) is 14.4 Å². The Morgan fingerprint density at radius 3 is 2.79 bits per heavy atom. The van der Waals surface area contributed by atoms with Gasteiger partial charge >= 0.3 is 6.09 Å². The van der Waals surface area contributed by atoms with Crippen molar-refractivity contribution in [2.75, 3.05) is 39.8 Å². The van der Waals surface area contributed by atoms with E-state index in [1.807, 2.05) is 0 Å². The van der Waals surface area contributed by atoms with Crippen LogP contribution in [-0.4, -0.2) is 68.7 Å². The van der Waals surface area contributed by atoms with Crippen LogP contribution in [0.5, 0.6) is 0 Å². The molecule has 0 aromatic rings. The molecule has 108 valence electrons. The fourth-order valence-corrected chi connectivity index (χ4v) is 1.87. The summed E-state index contributed by atoms with van der Waals surface area (Å²) >= 11 is 0. The number of rotatable bonds is 4. The molecule has 0 bridgehead atoms. The van der Waals surface area contributed by atoms with Crippen LogP contribution in [0.4, 0.5) is 4.79 Å². The van der Waals surface area contributed by atoms with Gasteiger partial charge in [-0.3, -0.25) is 19.8 Å². The first-order valence-electron chi connectivity index (χ1n) is 6.21. The SMILES string of the molecule is CCOC(=O)NC(=O)CN1CCNCC1C(=O)NC. The smallest absolute Gasteiger partial charge is 0.413 e. The second-order valence-electron chi connectivity index (χ2n) is 4.07. The van der Waals surface area contributed by atoms with Gasteiger partial charge in [-0.05, 0) is 6.92 Å². The molecule has 8 heteroatoms. The van der Waals surface area contributed by atoms with Gasteiger partial charge in [-0.25, -0.2) is 4.79 Å². The monoisotopic (exact) mass is 272 g/mol. The lowest BCUT2D eigenvalue weighted by molar-refractivity contribution is -0.129. The molecular weight excluding hydrogens is 252 g/mol. The molecule has 3 N–H and O–H groups in total. The number of ether oxygens (including phenoxy) is 1. The van der Waals surface area contributed by atoms with Crippen LogP contribution in [0, 0.1) is 0 Å². The van der Waals surface area contributed by atoms with E-state index in [0.717, 1.165) is 0 Å². The normalized spacial score (nSPS) is 19.6. The highest BCUT2D eigenvalue weighted by atomic mass is 16.5. The molecule has 8 nitrogen and oxygen atoms in total. The summed E-state index contributed by atoms with van der Waals surface area (Å²) in [6.07, 6.45) is -0.765. The summed E-state index contributed by atoms with van der Waals surface area (Å²) in [7, 11) is 1.55. The van der Waals surface area contributed by atoms with Crippen molar-refractivity contribution in [3.8, 4) is 0 Å². The van der Waals surface area contributed by atoms with Gasteiger partial charge in [0.15, 0.2) is 0 Å². The maximum Gasteiger partial charge on any atom is 0.413 e. The Balaban J connectivity index is 2.50. The average Bonchev–Trinajstić information content (AvgIpc) is 2.38. The van der Waals surface area contributed by atoms with Crippen LogP contribution >= 0.6 is 0 Å². The van der Waals surface area contributed by atoms with E-state index in [4.69, 9.17) is 0 Å². The third-order valence-electron chi connectivity index (χ3n) is 2.77. The summed E-state index contributed by atoms with van der Waals surface area (Å²) in [4.78, 5) is 36.1. The van der Waals surface area contributed by atoms with E-state index in [1.54, 1.807) is 18.9 Å². The van der Waals surface area contributed by atoms with Gasteiger partial charge in [0.1, 0.15) is 6.04 Å². The maximum absolute atomic E-state index is 11.7. The Bertz CT molecular complexity index is 348. The molecule has 1 heterocycles. The summed E-state index contributed by atoms with van der Waals surface area (Å²) in [5, 5.41) is 7.76. The molecular formula is C11H20N4O4. The molecule has 1 rings (SSSR count). The molecule has 1 atom stereocenters. The summed E-state index contributed by atoms with van der Waals surface area (Å²) in [6.45, 7) is 3.58. The Morgan fingerprint density at radius 1 is 1.42 bits per heavy atom. The molecule has 0 spiro atoms. The minimum atomic E-state index is -0.765. The van der Waals surface area contributed by atoms with Crippen molar-refractivity contribution in [2.45, 2.75) is 13.0 Å². The minimum absolute atomic E-state index is 0.0153. The molecule has 1 aliphatic heterocycles. The molecule has 1 unspecified atom stereocenters. The Hall–Kier alpha value is -1.67. The van der Waals surface area contributed by atoms with Crippen LogP contribution in [0.1, 0.15) is 6.92 Å². The molecule has 1 saturated heterocycles. The molecule has 0 saturated carbocycles. The number of carbonyl (C=O) groups is 3. The van der Waals surface area contributed by atoms with Crippen molar-refractivity contribution in [3.05, 3.63) is 0 Å². The highest BCUT2D eigenvalue weighted by Crippen LogP contribution is 2.03. The van der Waals surface area contributed by atoms with Gasteiger partial charge in [-0.1, -0.05) is 0 Å². The van der Waals surface area contributed by atoms with Gasteiger partial charge in [0, 0.05) is 26.7 Å². The first-order chi connectivity index (χ1) is 9.08. The summed E-state index contributed by atoms with van der Waals surface area (Å²) < 4.78 is 4.62. The maximum atomic E-state index is 11.7. The van der Waals surface area contributed by atoms with Gasteiger partial charge in [-0.15, -0.1) is 0 Å². The Morgan fingerprint density at radius 2 is 2.16 bits per heavy atom. The lowest BCUT2D eigenvalue weighted by Crippen LogP contribution is -2.59. The molecule has 0 aromatic carbocycles. The van der Waals surface area contributed by atoms with Crippen molar-refractivity contribution in [3.63, 3.8) is 0 Å².